The maximum Gasteiger partial charge on any atom is 0.194 e. The highest BCUT2D eigenvalue weighted by atomic mass is 16.5. The van der Waals surface area contributed by atoms with Crippen LogP contribution in [0.15, 0.2) is 4.99 Å². The molecular weight excluding hydrogens is 280 g/mol. The van der Waals surface area contributed by atoms with Gasteiger partial charge in [0.1, 0.15) is 12.4 Å². The largest absolute Gasteiger partial charge is 0.378 e. The Morgan fingerprint density at radius 1 is 1.32 bits per heavy atom. The molecule has 1 aliphatic heterocycles. The van der Waals surface area contributed by atoms with Crippen molar-refractivity contribution < 1.29 is 4.74 Å². The Bertz CT molecular complexity index is 490. The van der Waals surface area contributed by atoms with E-state index in [0.717, 1.165) is 56.7 Å². The summed E-state index contributed by atoms with van der Waals surface area (Å²) in [5, 5.41) is 11.6. The molecule has 2 rings (SSSR count). The van der Waals surface area contributed by atoms with Crippen molar-refractivity contribution in [3.63, 3.8) is 0 Å². The third kappa shape index (κ3) is 4.19. The number of nitrogens with one attached hydrogen (secondary N) is 1. The highest BCUT2D eigenvalue weighted by Gasteiger charge is 2.21. The number of aryl methyl sites for hydroxylation is 1. The Morgan fingerprint density at radius 3 is 2.59 bits per heavy atom. The van der Waals surface area contributed by atoms with Crippen LogP contribution in [0.5, 0.6) is 0 Å². The summed E-state index contributed by atoms with van der Waals surface area (Å²) in [6.45, 7) is 10.3. The van der Waals surface area contributed by atoms with E-state index in [4.69, 9.17) is 9.73 Å². The number of likely N-dealkylation sites (tertiary alicyclic amines) is 1. The quantitative estimate of drug-likeness (QED) is 0.651. The van der Waals surface area contributed by atoms with Crippen molar-refractivity contribution in [3.8, 4) is 0 Å². The smallest absolute Gasteiger partial charge is 0.194 e. The molecule has 0 amide bonds. The number of guanidine groups is 1. The van der Waals surface area contributed by atoms with Gasteiger partial charge in [0.2, 0.25) is 0 Å². The van der Waals surface area contributed by atoms with Gasteiger partial charge in [0, 0.05) is 33.3 Å². The van der Waals surface area contributed by atoms with Crippen molar-refractivity contribution in [1.29, 1.82) is 0 Å². The highest BCUT2D eigenvalue weighted by molar-refractivity contribution is 5.80. The lowest BCUT2D eigenvalue weighted by Crippen LogP contribution is -2.47. The van der Waals surface area contributed by atoms with E-state index in [-0.39, 0.29) is 0 Å². The van der Waals surface area contributed by atoms with Crippen LogP contribution < -0.4 is 5.32 Å². The Morgan fingerprint density at radius 2 is 2.05 bits per heavy atom. The topological polar surface area (TPSA) is 67.6 Å². The van der Waals surface area contributed by atoms with Gasteiger partial charge in [-0.1, -0.05) is 0 Å². The Kier molecular flexibility index (Phi) is 6.18. The second-order valence-corrected chi connectivity index (χ2v) is 5.53. The molecule has 1 fully saturated rings. The second-order valence-electron chi connectivity index (χ2n) is 5.53. The number of aliphatic imine (C=N–C) groups is 1. The molecule has 0 aromatic carbocycles. The van der Waals surface area contributed by atoms with Gasteiger partial charge in [-0.3, -0.25) is 0 Å². The molecule has 22 heavy (non-hydrogen) atoms. The van der Waals surface area contributed by atoms with Gasteiger partial charge >= 0.3 is 0 Å². The van der Waals surface area contributed by atoms with Gasteiger partial charge < -0.3 is 19.5 Å². The zero-order chi connectivity index (χ0) is 15.9. The van der Waals surface area contributed by atoms with Gasteiger partial charge in [0.15, 0.2) is 11.8 Å². The van der Waals surface area contributed by atoms with Crippen LogP contribution in [0.4, 0.5) is 0 Å². The van der Waals surface area contributed by atoms with Gasteiger partial charge in [0.25, 0.3) is 0 Å². The minimum absolute atomic E-state index is 0.394. The summed E-state index contributed by atoms with van der Waals surface area (Å²) >= 11 is 0. The van der Waals surface area contributed by atoms with E-state index in [1.165, 1.54) is 0 Å². The summed E-state index contributed by atoms with van der Waals surface area (Å²) in [5.74, 6) is 2.75. The first-order valence-corrected chi connectivity index (χ1v) is 8.15. The second kappa shape index (κ2) is 8.12. The average molecular weight is 308 g/mol. The van der Waals surface area contributed by atoms with Crippen molar-refractivity contribution in [2.75, 3.05) is 26.2 Å². The molecule has 7 heteroatoms. The number of ether oxygens (including phenoxy) is 1. The van der Waals surface area contributed by atoms with E-state index in [2.05, 4.69) is 34.3 Å². The molecule has 1 aromatic rings. The summed E-state index contributed by atoms with van der Waals surface area (Å²) in [7, 11) is 1.97. The van der Waals surface area contributed by atoms with Crippen molar-refractivity contribution in [1.82, 2.24) is 25.0 Å². The fourth-order valence-corrected chi connectivity index (χ4v) is 2.63. The third-order valence-corrected chi connectivity index (χ3v) is 4.03. The van der Waals surface area contributed by atoms with Crippen molar-refractivity contribution >= 4 is 5.96 Å². The molecule has 1 saturated heterocycles. The summed E-state index contributed by atoms with van der Waals surface area (Å²) in [5.41, 5.74) is 0. The predicted octanol–water partition coefficient (Wildman–Crippen LogP) is 1.09. The normalized spacial score (nSPS) is 17.1. The summed E-state index contributed by atoms with van der Waals surface area (Å²) in [6.07, 6.45) is 2.51. The summed E-state index contributed by atoms with van der Waals surface area (Å²) in [6, 6.07) is 0. The number of nitrogens with zero attached hydrogens (tertiary/aromatic N) is 5. The van der Waals surface area contributed by atoms with Crippen LogP contribution in [0, 0.1) is 6.92 Å². The van der Waals surface area contributed by atoms with E-state index < -0.39 is 0 Å². The molecule has 0 unspecified atom stereocenters. The SMILES string of the molecule is CCNC(=NCc1nnc(C)n1C)N1CCC(OCC)CC1. The third-order valence-electron chi connectivity index (χ3n) is 4.03. The van der Waals surface area contributed by atoms with Gasteiger partial charge in [-0.2, -0.15) is 0 Å². The van der Waals surface area contributed by atoms with Crippen LogP contribution in [0.25, 0.3) is 0 Å². The van der Waals surface area contributed by atoms with Gasteiger partial charge in [-0.15, -0.1) is 10.2 Å². The molecule has 1 aromatic heterocycles. The first kappa shape index (κ1) is 16.7. The fraction of sp³-hybridized carbons (Fsp3) is 0.800. The van der Waals surface area contributed by atoms with Crippen molar-refractivity contribution in [2.45, 2.75) is 46.3 Å². The molecule has 0 bridgehead atoms. The minimum Gasteiger partial charge on any atom is -0.378 e. The van der Waals surface area contributed by atoms with Crippen LogP contribution >= 0.6 is 0 Å². The number of piperidine rings is 1. The molecular formula is C15H28N6O. The highest BCUT2D eigenvalue weighted by Crippen LogP contribution is 2.14. The Hall–Kier alpha value is -1.63. The standard InChI is InChI=1S/C15H28N6O/c1-5-16-15(17-11-14-19-18-12(3)20(14)4)21-9-7-13(8-10-21)22-6-2/h13H,5-11H2,1-4H3,(H,16,17). The number of hydrogen-bond acceptors (Lipinski definition) is 4. The maximum atomic E-state index is 5.71. The number of hydrogen-bond donors (Lipinski definition) is 1. The minimum atomic E-state index is 0.394. The molecule has 0 aliphatic carbocycles. The molecule has 124 valence electrons. The fourth-order valence-electron chi connectivity index (χ4n) is 2.63. The van der Waals surface area contributed by atoms with Crippen molar-refractivity contribution in [2.24, 2.45) is 12.0 Å². The lowest BCUT2D eigenvalue weighted by Gasteiger charge is -2.34. The van der Waals surface area contributed by atoms with E-state index in [0.29, 0.717) is 12.6 Å². The van der Waals surface area contributed by atoms with Crippen LogP contribution in [0.2, 0.25) is 0 Å². The molecule has 1 N–H and O–H groups in total. The lowest BCUT2D eigenvalue weighted by atomic mass is 10.1. The predicted molar refractivity (Wildman–Crippen MR) is 86.8 cm³/mol. The number of rotatable bonds is 5. The molecule has 0 atom stereocenters. The van der Waals surface area contributed by atoms with Crippen molar-refractivity contribution in [3.05, 3.63) is 11.6 Å². The zero-order valence-corrected chi connectivity index (χ0v) is 14.2. The molecule has 2 heterocycles. The van der Waals surface area contributed by atoms with Gasteiger partial charge in [-0.25, -0.2) is 4.99 Å². The van der Waals surface area contributed by atoms with Crippen LogP contribution in [-0.4, -0.2) is 58.0 Å². The summed E-state index contributed by atoms with van der Waals surface area (Å²) < 4.78 is 7.69. The van der Waals surface area contributed by atoms with Gasteiger partial charge in [0.05, 0.1) is 6.10 Å². The van der Waals surface area contributed by atoms with Crippen LogP contribution in [0.3, 0.4) is 0 Å². The molecule has 0 saturated carbocycles. The first-order chi connectivity index (χ1) is 10.7. The van der Waals surface area contributed by atoms with E-state index in [1.807, 2.05) is 18.5 Å². The molecule has 0 radical (unpaired) electrons. The van der Waals surface area contributed by atoms with E-state index in [9.17, 15) is 0 Å². The van der Waals surface area contributed by atoms with E-state index >= 15 is 0 Å². The average Bonchev–Trinajstić information content (AvgIpc) is 2.84. The lowest BCUT2D eigenvalue weighted by molar-refractivity contribution is 0.0263. The molecule has 7 nitrogen and oxygen atoms in total. The van der Waals surface area contributed by atoms with Crippen LogP contribution in [0.1, 0.15) is 38.3 Å². The Labute approximate surface area is 132 Å². The molecule has 1 aliphatic rings. The van der Waals surface area contributed by atoms with Gasteiger partial charge in [-0.05, 0) is 33.6 Å². The monoisotopic (exact) mass is 308 g/mol. The number of aromatic nitrogens is 3. The zero-order valence-electron chi connectivity index (χ0n) is 14.2. The first-order valence-electron chi connectivity index (χ1n) is 8.15. The van der Waals surface area contributed by atoms with Crippen LogP contribution in [-0.2, 0) is 18.3 Å². The summed E-state index contributed by atoms with van der Waals surface area (Å²) in [4.78, 5) is 7.03. The molecule has 0 spiro atoms. The van der Waals surface area contributed by atoms with E-state index in [1.54, 1.807) is 0 Å². The Balaban J connectivity index is 1.97. The maximum absolute atomic E-state index is 5.71.